The van der Waals surface area contributed by atoms with Gasteiger partial charge in [-0.3, -0.25) is 0 Å². The van der Waals surface area contributed by atoms with Gasteiger partial charge in [0.05, 0.1) is 6.20 Å². The van der Waals surface area contributed by atoms with Crippen LogP contribution >= 0.6 is 0 Å². The van der Waals surface area contributed by atoms with Crippen molar-refractivity contribution >= 4 is 12.0 Å². The first kappa shape index (κ1) is 12.1. The van der Waals surface area contributed by atoms with Crippen molar-refractivity contribution in [2.24, 2.45) is 0 Å². The Kier molecular flexibility index (Phi) is 3.57. The molecule has 0 radical (unpaired) electrons. The molecule has 2 aromatic rings. The smallest absolute Gasteiger partial charge is 0.354 e. The molecular formula is C14H14N2O2. The first-order chi connectivity index (χ1) is 8.68. The van der Waals surface area contributed by atoms with E-state index in [-0.39, 0.29) is 5.69 Å². The van der Waals surface area contributed by atoms with Crippen molar-refractivity contribution in [2.75, 3.05) is 0 Å². The second-order valence-corrected chi connectivity index (χ2v) is 3.92. The molecular weight excluding hydrogens is 228 g/mol. The van der Waals surface area contributed by atoms with Crippen LogP contribution in [0.15, 0.2) is 42.6 Å². The molecule has 0 unspecified atom stereocenters. The third kappa shape index (κ3) is 2.66. The molecule has 1 aromatic carbocycles. The second kappa shape index (κ2) is 5.31. The first-order valence-electron chi connectivity index (χ1n) is 5.65. The molecule has 1 aromatic heterocycles. The minimum Gasteiger partial charge on any atom is -0.477 e. The number of carbonyl (C=O) groups is 1. The van der Waals surface area contributed by atoms with Crippen molar-refractivity contribution in [1.29, 1.82) is 0 Å². The Balaban J connectivity index is 2.13. The normalized spacial score (nSPS) is 10.9. The number of carboxylic acid groups (broad SMARTS) is 1. The maximum absolute atomic E-state index is 11.0. The zero-order valence-electron chi connectivity index (χ0n) is 10.1. The number of aromatic nitrogens is 2. The fraction of sp³-hybridized carbons (Fsp3) is 0.143. The summed E-state index contributed by atoms with van der Waals surface area (Å²) in [6.07, 6.45) is 5.27. The maximum atomic E-state index is 11.0. The van der Waals surface area contributed by atoms with Crippen LogP contribution in [0.25, 0.3) is 6.08 Å². The maximum Gasteiger partial charge on any atom is 0.354 e. The summed E-state index contributed by atoms with van der Waals surface area (Å²) in [4.78, 5) is 15.0. The monoisotopic (exact) mass is 242 g/mol. The van der Waals surface area contributed by atoms with Crippen LogP contribution in [0.4, 0.5) is 0 Å². The molecule has 2 rings (SSSR count). The van der Waals surface area contributed by atoms with E-state index in [4.69, 9.17) is 5.11 Å². The molecule has 0 amide bonds. The zero-order chi connectivity index (χ0) is 13.0. The minimum atomic E-state index is -0.955. The van der Waals surface area contributed by atoms with Crippen molar-refractivity contribution in [1.82, 2.24) is 9.55 Å². The van der Waals surface area contributed by atoms with E-state index in [2.05, 4.69) is 4.98 Å². The number of aromatic carboxylic acids is 1. The van der Waals surface area contributed by atoms with Crippen LogP contribution in [-0.2, 0) is 6.54 Å². The third-order valence-corrected chi connectivity index (χ3v) is 2.67. The molecule has 1 heterocycles. The molecule has 92 valence electrons. The highest BCUT2D eigenvalue weighted by Crippen LogP contribution is 2.07. The molecule has 18 heavy (non-hydrogen) atoms. The van der Waals surface area contributed by atoms with Crippen molar-refractivity contribution in [2.45, 2.75) is 13.5 Å². The SMILES string of the molecule is Cc1ncc(C(=O)O)n1CC=Cc1ccccc1. The largest absolute Gasteiger partial charge is 0.477 e. The molecule has 0 fully saturated rings. The van der Waals surface area contributed by atoms with Crippen LogP contribution in [0.5, 0.6) is 0 Å². The number of hydrogen-bond donors (Lipinski definition) is 1. The molecule has 4 heteroatoms. The van der Waals surface area contributed by atoms with Gasteiger partial charge in [0.2, 0.25) is 0 Å². The van der Waals surface area contributed by atoms with E-state index in [1.807, 2.05) is 42.5 Å². The predicted molar refractivity (Wildman–Crippen MR) is 69.4 cm³/mol. The van der Waals surface area contributed by atoms with Gasteiger partial charge in [0, 0.05) is 6.54 Å². The molecule has 1 N–H and O–H groups in total. The van der Waals surface area contributed by atoms with Gasteiger partial charge < -0.3 is 9.67 Å². The van der Waals surface area contributed by atoms with E-state index in [0.29, 0.717) is 12.4 Å². The van der Waals surface area contributed by atoms with Crippen molar-refractivity contribution in [3.8, 4) is 0 Å². The van der Waals surface area contributed by atoms with Crippen LogP contribution < -0.4 is 0 Å². The Morgan fingerprint density at radius 1 is 1.39 bits per heavy atom. The van der Waals surface area contributed by atoms with E-state index < -0.39 is 5.97 Å². The fourth-order valence-corrected chi connectivity index (χ4v) is 1.73. The van der Waals surface area contributed by atoms with Gasteiger partial charge in [-0.05, 0) is 12.5 Å². The topological polar surface area (TPSA) is 55.1 Å². The van der Waals surface area contributed by atoms with Crippen molar-refractivity contribution < 1.29 is 9.90 Å². The summed E-state index contributed by atoms with van der Waals surface area (Å²) in [5.41, 5.74) is 1.30. The number of carboxylic acids is 1. The number of imidazole rings is 1. The molecule has 0 aliphatic rings. The lowest BCUT2D eigenvalue weighted by Gasteiger charge is -2.03. The summed E-state index contributed by atoms with van der Waals surface area (Å²) in [6, 6.07) is 9.88. The van der Waals surface area contributed by atoms with Gasteiger partial charge in [0.25, 0.3) is 0 Å². The molecule has 0 atom stereocenters. The Hall–Kier alpha value is -2.36. The number of benzene rings is 1. The van der Waals surface area contributed by atoms with Gasteiger partial charge >= 0.3 is 5.97 Å². The summed E-state index contributed by atoms with van der Waals surface area (Å²) < 4.78 is 1.67. The molecule has 0 aliphatic carbocycles. The molecule has 0 aliphatic heterocycles. The van der Waals surface area contributed by atoms with Gasteiger partial charge in [-0.25, -0.2) is 9.78 Å². The Morgan fingerprint density at radius 2 is 2.11 bits per heavy atom. The number of aryl methyl sites for hydroxylation is 1. The summed E-state index contributed by atoms with van der Waals surface area (Å²) in [7, 11) is 0. The van der Waals surface area contributed by atoms with Crippen LogP contribution in [0.1, 0.15) is 21.9 Å². The first-order valence-corrected chi connectivity index (χ1v) is 5.65. The van der Waals surface area contributed by atoms with Gasteiger partial charge in [-0.2, -0.15) is 0 Å². The summed E-state index contributed by atoms with van der Waals surface area (Å²) >= 11 is 0. The van der Waals surface area contributed by atoms with E-state index in [9.17, 15) is 4.79 Å². The zero-order valence-corrected chi connectivity index (χ0v) is 10.1. The van der Waals surface area contributed by atoms with Gasteiger partial charge in [-0.15, -0.1) is 0 Å². The highest BCUT2D eigenvalue weighted by molar-refractivity contribution is 5.85. The molecule has 0 spiro atoms. The highest BCUT2D eigenvalue weighted by atomic mass is 16.4. The number of hydrogen-bond acceptors (Lipinski definition) is 2. The van der Waals surface area contributed by atoms with Crippen LogP contribution in [0, 0.1) is 6.92 Å². The minimum absolute atomic E-state index is 0.213. The number of nitrogens with zero attached hydrogens (tertiary/aromatic N) is 2. The second-order valence-electron chi connectivity index (χ2n) is 3.92. The highest BCUT2D eigenvalue weighted by Gasteiger charge is 2.11. The summed E-state index contributed by atoms with van der Waals surface area (Å²) in [5, 5.41) is 9.01. The number of allylic oxidation sites excluding steroid dienone is 1. The lowest BCUT2D eigenvalue weighted by molar-refractivity contribution is 0.0685. The van der Waals surface area contributed by atoms with E-state index in [1.165, 1.54) is 6.20 Å². The van der Waals surface area contributed by atoms with E-state index in [0.717, 1.165) is 5.56 Å². The standard InChI is InChI=1S/C14H14N2O2/c1-11-15-10-13(14(17)18)16(11)9-5-8-12-6-3-2-4-7-12/h2-8,10H,9H2,1H3,(H,17,18). The Labute approximate surface area is 105 Å². The average Bonchev–Trinajstić information content (AvgIpc) is 2.73. The average molecular weight is 242 g/mol. The Bertz CT molecular complexity index is 571. The molecule has 4 nitrogen and oxygen atoms in total. The summed E-state index contributed by atoms with van der Waals surface area (Å²) in [5.74, 6) is -0.256. The van der Waals surface area contributed by atoms with Crippen LogP contribution in [0.3, 0.4) is 0 Å². The molecule has 0 saturated carbocycles. The van der Waals surface area contributed by atoms with E-state index >= 15 is 0 Å². The predicted octanol–water partition coefficient (Wildman–Crippen LogP) is 2.60. The quantitative estimate of drug-likeness (QED) is 0.896. The van der Waals surface area contributed by atoms with Crippen LogP contribution in [0.2, 0.25) is 0 Å². The molecule has 0 saturated heterocycles. The van der Waals surface area contributed by atoms with Crippen LogP contribution in [-0.4, -0.2) is 20.6 Å². The number of rotatable bonds is 4. The third-order valence-electron chi connectivity index (χ3n) is 2.67. The fourth-order valence-electron chi connectivity index (χ4n) is 1.73. The van der Waals surface area contributed by atoms with Gasteiger partial charge in [-0.1, -0.05) is 42.5 Å². The van der Waals surface area contributed by atoms with Crippen molar-refractivity contribution in [3.05, 3.63) is 59.7 Å². The van der Waals surface area contributed by atoms with Crippen molar-refractivity contribution in [3.63, 3.8) is 0 Å². The summed E-state index contributed by atoms with van der Waals surface area (Å²) in [6.45, 7) is 2.30. The lowest BCUT2D eigenvalue weighted by Crippen LogP contribution is -2.08. The Morgan fingerprint density at radius 3 is 2.78 bits per heavy atom. The lowest BCUT2D eigenvalue weighted by atomic mass is 10.2. The van der Waals surface area contributed by atoms with E-state index in [1.54, 1.807) is 11.5 Å². The van der Waals surface area contributed by atoms with Gasteiger partial charge in [0.15, 0.2) is 0 Å². The van der Waals surface area contributed by atoms with Gasteiger partial charge in [0.1, 0.15) is 11.5 Å². The molecule has 0 bridgehead atoms.